The number of hydrogen-bond donors (Lipinski definition) is 1. The Kier molecular flexibility index (Phi) is 5.78. The van der Waals surface area contributed by atoms with Crippen molar-refractivity contribution in [1.82, 2.24) is 4.57 Å². The number of anilines is 1. The van der Waals surface area contributed by atoms with Crippen LogP contribution in [0.15, 0.2) is 51.7 Å². The number of hydrogen-bond acceptors (Lipinski definition) is 6. The number of amides is 1. The summed E-state index contributed by atoms with van der Waals surface area (Å²) in [5, 5.41) is 2.65. The van der Waals surface area contributed by atoms with E-state index in [1.165, 1.54) is 11.7 Å². The first kappa shape index (κ1) is 19.2. The Labute approximate surface area is 160 Å². The van der Waals surface area contributed by atoms with Crippen LogP contribution in [-0.2, 0) is 20.9 Å². The maximum Gasteiger partial charge on any atom is 0.419 e. The average Bonchev–Trinajstić information content (AvgIpc) is 3.00. The van der Waals surface area contributed by atoms with Crippen molar-refractivity contribution in [3.63, 3.8) is 0 Å². The molecule has 0 saturated heterocycles. The number of rotatable bonds is 7. The van der Waals surface area contributed by atoms with E-state index in [1.807, 2.05) is 13.0 Å². The minimum Gasteiger partial charge on any atom is -0.495 e. The number of nitrogens with zero attached hydrogens (tertiary/aromatic N) is 1. The third kappa shape index (κ3) is 4.40. The quantitative estimate of drug-likeness (QED) is 0.628. The molecule has 1 amide bonds. The van der Waals surface area contributed by atoms with Crippen molar-refractivity contribution in [2.45, 2.75) is 19.9 Å². The van der Waals surface area contributed by atoms with Crippen molar-refractivity contribution in [1.29, 1.82) is 0 Å². The number of aryl methyl sites for hydroxylation is 2. The van der Waals surface area contributed by atoms with Crippen molar-refractivity contribution in [3.05, 3.63) is 58.6 Å². The fourth-order valence-electron chi connectivity index (χ4n) is 2.75. The Balaban J connectivity index is 1.53. The average molecular weight is 384 g/mol. The summed E-state index contributed by atoms with van der Waals surface area (Å²) in [6.45, 7) is 1.55. The summed E-state index contributed by atoms with van der Waals surface area (Å²) in [6, 6.07) is 12.3. The molecule has 0 atom stereocenters. The molecule has 146 valence electrons. The van der Waals surface area contributed by atoms with Crippen molar-refractivity contribution < 1.29 is 23.5 Å². The lowest BCUT2D eigenvalue weighted by Crippen LogP contribution is -2.23. The second-order valence-electron chi connectivity index (χ2n) is 6.15. The standard InChI is InChI=1S/C20H20N2O6/c1-13-7-8-16(26-2)14(11-13)21-18(23)12-27-19(24)9-10-22-15-5-3-4-6-17(15)28-20(22)25/h3-8,11H,9-10,12H2,1-2H3,(H,21,23). The third-order valence-electron chi connectivity index (χ3n) is 4.11. The second-order valence-corrected chi connectivity index (χ2v) is 6.15. The molecule has 8 heteroatoms. The van der Waals surface area contributed by atoms with Crippen LogP contribution in [0.3, 0.4) is 0 Å². The van der Waals surface area contributed by atoms with E-state index in [0.717, 1.165) is 5.56 Å². The van der Waals surface area contributed by atoms with Crippen molar-refractivity contribution in [2.75, 3.05) is 19.0 Å². The van der Waals surface area contributed by atoms with E-state index in [-0.39, 0.29) is 13.0 Å². The number of aromatic nitrogens is 1. The van der Waals surface area contributed by atoms with Gasteiger partial charge >= 0.3 is 11.7 Å². The molecular formula is C20H20N2O6. The zero-order chi connectivity index (χ0) is 20.1. The summed E-state index contributed by atoms with van der Waals surface area (Å²) >= 11 is 0. The molecule has 0 aliphatic rings. The van der Waals surface area contributed by atoms with Crippen LogP contribution in [0.5, 0.6) is 5.75 Å². The number of para-hydroxylation sites is 2. The van der Waals surface area contributed by atoms with Crippen molar-refractivity contribution in [3.8, 4) is 5.75 Å². The van der Waals surface area contributed by atoms with Gasteiger partial charge in [-0.3, -0.25) is 14.2 Å². The van der Waals surface area contributed by atoms with Gasteiger partial charge in [0.05, 0.1) is 24.7 Å². The first-order chi connectivity index (χ1) is 13.5. The molecule has 2 aromatic carbocycles. The van der Waals surface area contributed by atoms with Crippen LogP contribution in [-0.4, -0.2) is 30.2 Å². The molecule has 0 bridgehead atoms. The first-order valence-corrected chi connectivity index (χ1v) is 8.66. The molecule has 8 nitrogen and oxygen atoms in total. The molecule has 0 aliphatic carbocycles. The number of oxazole rings is 1. The summed E-state index contributed by atoms with van der Waals surface area (Å²) in [4.78, 5) is 35.9. The minimum atomic E-state index is -0.594. The minimum absolute atomic E-state index is 0.0650. The Morgan fingerprint density at radius 1 is 1.18 bits per heavy atom. The normalized spacial score (nSPS) is 10.6. The van der Waals surface area contributed by atoms with Crippen LogP contribution in [0.2, 0.25) is 0 Å². The number of carbonyl (C=O) groups is 2. The van der Waals surface area contributed by atoms with E-state index in [0.29, 0.717) is 22.5 Å². The summed E-state index contributed by atoms with van der Waals surface area (Å²) in [7, 11) is 1.50. The molecule has 0 unspecified atom stereocenters. The summed E-state index contributed by atoms with van der Waals surface area (Å²) in [6.07, 6.45) is -0.0650. The number of methoxy groups -OCH3 is 1. The summed E-state index contributed by atoms with van der Waals surface area (Å²) < 4.78 is 16.6. The van der Waals surface area contributed by atoms with Gasteiger partial charge in [-0.15, -0.1) is 0 Å². The zero-order valence-corrected chi connectivity index (χ0v) is 15.6. The largest absolute Gasteiger partial charge is 0.495 e. The molecule has 1 N–H and O–H groups in total. The number of ether oxygens (including phenoxy) is 2. The SMILES string of the molecule is COc1ccc(C)cc1NC(=O)COC(=O)CCn1c(=O)oc2ccccc21. The van der Waals surface area contributed by atoms with Gasteiger partial charge in [-0.25, -0.2) is 4.79 Å². The van der Waals surface area contributed by atoms with Crippen LogP contribution in [0.25, 0.3) is 11.1 Å². The van der Waals surface area contributed by atoms with E-state index >= 15 is 0 Å². The van der Waals surface area contributed by atoms with Crippen molar-refractivity contribution >= 4 is 28.7 Å². The maximum absolute atomic E-state index is 12.0. The molecule has 1 heterocycles. The highest BCUT2D eigenvalue weighted by molar-refractivity contribution is 5.94. The van der Waals surface area contributed by atoms with E-state index in [2.05, 4.69) is 5.32 Å². The fraction of sp³-hybridized carbons (Fsp3) is 0.250. The van der Waals surface area contributed by atoms with E-state index < -0.39 is 24.2 Å². The van der Waals surface area contributed by atoms with Gasteiger partial charge in [0.2, 0.25) is 0 Å². The Morgan fingerprint density at radius 2 is 1.96 bits per heavy atom. The first-order valence-electron chi connectivity index (χ1n) is 8.66. The van der Waals surface area contributed by atoms with Gasteiger partial charge in [-0.1, -0.05) is 18.2 Å². The molecule has 0 spiro atoms. The molecule has 3 aromatic rings. The van der Waals surface area contributed by atoms with Gasteiger partial charge in [-0.2, -0.15) is 0 Å². The van der Waals surface area contributed by atoms with Gasteiger partial charge < -0.3 is 19.2 Å². The number of nitrogens with one attached hydrogen (secondary N) is 1. The van der Waals surface area contributed by atoms with Gasteiger partial charge in [-0.05, 0) is 36.8 Å². The van der Waals surface area contributed by atoms with Crippen LogP contribution in [0.1, 0.15) is 12.0 Å². The van der Waals surface area contributed by atoms with Crippen molar-refractivity contribution in [2.24, 2.45) is 0 Å². The summed E-state index contributed by atoms with van der Waals surface area (Å²) in [5.74, 6) is -1.11. The maximum atomic E-state index is 12.0. The molecular weight excluding hydrogens is 364 g/mol. The number of benzene rings is 2. The monoisotopic (exact) mass is 384 g/mol. The Hall–Kier alpha value is -3.55. The van der Waals surface area contributed by atoms with Gasteiger partial charge in [0.15, 0.2) is 12.2 Å². The predicted molar refractivity (Wildman–Crippen MR) is 102 cm³/mol. The van der Waals surface area contributed by atoms with Crippen LogP contribution in [0, 0.1) is 6.92 Å². The van der Waals surface area contributed by atoms with Crippen LogP contribution in [0.4, 0.5) is 5.69 Å². The molecule has 3 rings (SSSR count). The number of esters is 1. The lowest BCUT2D eigenvalue weighted by Gasteiger charge is -2.11. The number of carbonyl (C=O) groups excluding carboxylic acids is 2. The zero-order valence-electron chi connectivity index (χ0n) is 15.6. The lowest BCUT2D eigenvalue weighted by molar-refractivity contribution is -0.147. The van der Waals surface area contributed by atoms with Crippen LogP contribution >= 0.6 is 0 Å². The van der Waals surface area contributed by atoms with Gasteiger partial charge in [0.25, 0.3) is 5.91 Å². The van der Waals surface area contributed by atoms with Gasteiger partial charge in [0.1, 0.15) is 5.75 Å². The van der Waals surface area contributed by atoms with E-state index in [9.17, 15) is 14.4 Å². The Morgan fingerprint density at radius 3 is 2.75 bits per heavy atom. The molecule has 0 fully saturated rings. The molecule has 1 aromatic heterocycles. The summed E-state index contributed by atoms with van der Waals surface area (Å²) in [5.41, 5.74) is 2.50. The van der Waals surface area contributed by atoms with Gasteiger partial charge in [0, 0.05) is 6.54 Å². The van der Waals surface area contributed by atoms with Crippen LogP contribution < -0.4 is 15.8 Å². The van der Waals surface area contributed by atoms with E-state index in [4.69, 9.17) is 13.9 Å². The number of fused-ring (bicyclic) bond motifs is 1. The smallest absolute Gasteiger partial charge is 0.419 e. The predicted octanol–water partition coefficient (Wildman–Crippen LogP) is 2.48. The lowest BCUT2D eigenvalue weighted by atomic mass is 10.2. The molecule has 0 aliphatic heterocycles. The highest BCUT2D eigenvalue weighted by Crippen LogP contribution is 2.25. The Bertz CT molecular complexity index is 1070. The third-order valence-corrected chi connectivity index (χ3v) is 4.11. The molecule has 0 radical (unpaired) electrons. The molecule has 28 heavy (non-hydrogen) atoms. The fourth-order valence-corrected chi connectivity index (χ4v) is 2.75. The second kappa shape index (κ2) is 8.43. The van der Waals surface area contributed by atoms with E-state index in [1.54, 1.807) is 36.4 Å². The highest BCUT2D eigenvalue weighted by atomic mass is 16.5. The highest BCUT2D eigenvalue weighted by Gasteiger charge is 2.13. The topological polar surface area (TPSA) is 99.8 Å². The molecule has 0 saturated carbocycles.